The van der Waals surface area contributed by atoms with Crippen LogP contribution in [0.15, 0.2) is 47.4 Å². The van der Waals surface area contributed by atoms with Gasteiger partial charge in [-0.3, -0.25) is 0 Å². The van der Waals surface area contributed by atoms with Gasteiger partial charge < -0.3 is 5.73 Å². The van der Waals surface area contributed by atoms with Crippen molar-refractivity contribution in [3.8, 4) is 0 Å². The second kappa shape index (κ2) is 6.87. The Bertz CT molecular complexity index is 557. The van der Waals surface area contributed by atoms with Crippen molar-refractivity contribution in [3.63, 3.8) is 0 Å². The van der Waals surface area contributed by atoms with Gasteiger partial charge in [-0.25, -0.2) is 0 Å². The molecule has 19 heavy (non-hydrogen) atoms. The predicted octanol–water partition coefficient (Wildman–Crippen LogP) is 5.44. The van der Waals surface area contributed by atoms with Crippen LogP contribution in [-0.4, -0.2) is 6.54 Å². The lowest BCUT2D eigenvalue weighted by atomic mass is 10.1. The molecule has 2 aromatic carbocycles. The molecule has 1 atom stereocenters. The van der Waals surface area contributed by atoms with Crippen molar-refractivity contribution in [1.29, 1.82) is 0 Å². The van der Waals surface area contributed by atoms with Crippen molar-refractivity contribution in [2.75, 3.05) is 6.54 Å². The quantitative estimate of drug-likeness (QED) is 0.754. The Kier molecular flexibility index (Phi) is 5.43. The molecule has 0 aliphatic carbocycles. The molecule has 1 unspecified atom stereocenters. The normalized spacial score (nSPS) is 12.4. The summed E-state index contributed by atoms with van der Waals surface area (Å²) in [6.07, 6.45) is 0. The van der Waals surface area contributed by atoms with Crippen LogP contribution in [0.1, 0.15) is 10.8 Å². The van der Waals surface area contributed by atoms with Crippen molar-refractivity contribution >= 4 is 46.6 Å². The molecular weight excluding hydrogens is 321 g/mol. The number of thioether (sulfide) groups is 1. The Balaban J connectivity index is 2.18. The highest BCUT2D eigenvalue weighted by Crippen LogP contribution is 2.37. The van der Waals surface area contributed by atoms with Crippen molar-refractivity contribution < 1.29 is 0 Å². The van der Waals surface area contributed by atoms with E-state index in [2.05, 4.69) is 0 Å². The maximum Gasteiger partial charge on any atom is 0.0603 e. The SMILES string of the molecule is NCC(Sc1ccc(Cl)c(Cl)c1)c1ccc(Cl)cc1. The summed E-state index contributed by atoms with van der Waals surface area (Å²) in [5.74, 6) is 0. The molecule has 100 valence electrons. The molecule has 0 fully saturated rings. The minimum Gasteiger partial charge on any atom is -0.329 e. The Morgan fingerprint density at radius 2 is 1.63 bits per heavy atom. The molecular formula is C14H12Cl3NS. The molecule has 2 N–H and O–H groups in total. The van der Waals surface area contributed by atoms with Gasteiger partial charge in [0.25, 0.3) is 0 Å². The van der Waals surface area contributed by atoms with E-state index in [1.807, 2.05) is 36.4 Å². The van der Waals surface area contributed by atoms with E-state index in [0.29, 0.717) is 16.6 Å². The number of benzene rings is 2. The number of halogens is 3. The van der Waals surface area contributed by atoms with Crippen LogP contribution in [0, 0.1) is 0 Å². The van der Waals surface area contributed by atoms with E-state index >= 15 is 0 Å². The lowest BCUT2D eigenvalue weighted by molar-refractivity contribution is 0.941. The van der Waals surface area contributed by atoms with E-state index in [4.69, 9.17) is 40.5 Å². The Hall–Kier alpha value is -0.380. The lowest BCUT2D eigenvalue weighted by Crippen LogP contribution is -2.09. The zero-order chi connectivity index (χ0) is 13.8. The summed E-state index contributed by atoms with van der Waals surface area (Å²) in [7, 11) is 0. The van der Waals surface area contributed by atoms with E-state index in [-0.39, 0.29) is 5.25 Å². The van der Waals surface area contributed by atoms with Crippen LogP contribution < -0.4 is 5.73 Å². The second-order valence-corrected chi connectivity index (χ2v) is 6.50. The monoisotopic (exact) mass is 331 g/mol. The summed E-state index contributed by atoms with van der Waals surface area (Å²) >= 11 is 19.5. The number of hydrogen-bond donors (Lipinski definition) is 1. The van der Waals surface area contributed by atoms with Crippen LogP contribution in [0.25, 0.3) is 0 Å². The lowest BCUT2D eigenvalue weighted by Gasteiger charge is -2.15. The minimum atomic E-state index is 0.162. The van der Waals surface area contributed by atoms with Crippen LogP contribution in [0.4, 0.5) is 0 Å². The fourth-order valence-corrected chi connectivity index (χ4v) is 3.18. The third-order valence-corrected chi connectivity index (χ3v) is 4.89. The zero-order valence-electron chi connectivity index (χ0n) is 9.95. The molecule has 0 bridgehead atoms. The van der Waals surface area contributed by atoms with Crippen LogP contribution in [0.5, 0.6) is 0 Å². The van der Waals surface area contributed by atoms with Gasteiger partial charge in [0.15, 0.2) is 0 Å². The molecule has 2 aromatic rings. The summed E-state index contributed by atoms with van der Waals surface area (Å²) in [6, 6.07) is 13.3. The van der Waals surface area contributed by atoms with Gasteiger partial charge in [0.05, 0.1) is 10.0 Å². The molecule has 1 nitrogen and oxygen atoms in total. The molecule has 0 heterocycles. The van der Waals surface area contributed by atoms with Gasteiger partial charge in [0, 0.05) is 21.7 Å². The third-order valence-electron chi connectivity index (χ3n) is 2.63. The Morgan fingerprint density at radius 1 is 0.947 bits per heavy atom. The molecule has 0 aliphatic heterocycles. The summed E-state index contributed by atoms with van der Waals surface area (Å²) in [4.78, 5) is 1.04. The van der Waals surface area contributed by atoms with E-state index in [0.717, 1.165) is 15.5 Å². The van der Waals surface area contributed by atoms with Gasteiger partial charge in [-0.15, -0.1) is 11.8 Å². The predicted molar refractivity (Wildman–Crippen MR) is 85.6 cm³/mol. The van der Waals surface area contributed by atoms with Gasteiger partial charge in [0.1, 0.15) is 0 Å². The molecule has 0 aliphatic rings. The first kappa shape index (κ1) is 15.0. The fraction of sp³-hybridized carbons (Fsp3) is 0.143. The van der Waals surface area contributed by atoms with Crippen LogP contribution in [-0.2, 0) is 0 Å². The number of rotatable bonds is 4. The summed E-state index contributed by atoms with van der Waals surface area (Å²) in [5, 5.41) is 1.99. The molecule has 0 saturated carbocycles. The first-order valence-electron chi connectivity index (χ1n) is 5.67. The molecule has 2 rings (SSSR count). The van der Waals surface area contributed by atoms with Crippen LogP contribution in [0.2, 0.25) is 15.1 Å². The first-order chi connectivity index (χ1) is 9.10. The standard InChI is InChI=1S/C14H12Cl3NS/c15-10-3-1-9(2-4-10)14(8-18)19-11-5-6-12(16)13(17)7-11/h1-7,14H,8,18H2. The van der Waals surface area contributed by atoms with E-state index in [1.165, 1.54) is 0 Å². The summed E-state index contributed by atoms with van der Waals surface area (Å²) in [5.41, 5.74) is 6.99. The minimum absolute atomic E-state index is 0.162. The van der Waals surface area contributed by atoms with E-state index < -0.39 is 0 Å². The van der Waals surface area contributed by atoms with Gasteiger partial charge in [0.2, 0.25) is 0 Å². The molecule has 0 radical (unpaired) electrons. The highest BCUT2D eigenvalue weighted by molar-refractivity contribution is 7.99. The van der Waals surface area contributed by atoms with Crippen molar-refractivity contribution in [2.24, 2.45) is 5.73 Å². The average Bonchev–Trinajstić information content (AvgIpc) is 2.41. The molecule has 0 spiro atoms. The van der Waals surface area contributed by atoms with Gasteiger partial charge >= 0.3 is 0 Å². The highest BCUT2D eigenvalue weighted by atomic mass is 35.5. The van der Waals surface area contributed by atoms with Gasteiger partial charge in [-0.2, -0.15) is 0 Å². The summed E-state index contributed by atoms with van der Waals surface area (Å²) in [6.45, 7) is 0.534. The van der Waals surface area contributed by atoms with E-state index in [1.54, 1.807) is 17.8 Å². The van der Waals surface area contributed by atoms with E-state index in [9.17, 15) is 0 Å². The second-order valence-electron chi connectivity index (χ2n) is 3.97. The van der Waals surface area contributed by atoms with Crippen molar-refractivity contribution in [2.45, 2.75) is 10.1 Å². The number of hydrogen-bond acceptors (Lipinski definition) is 2. The van der Waals surface area contributed by atoms with Gasteiger partial charge in [-0.05, 0) is 35.9 Å². The highest BCUT2D eigenvalue weighted by Gasteiger charge is 2.12. The topological polar surface area (TPSA) is 26.0 Å². The molecule has 5 heteroatoms. The molecule has 0 aromatic heterocycles. The van der Waals surface area contributed by atoms with Crippen molar-refractivity contribution in [3.05, 3.63) is 63.1 Å². The fourth-order valence-electron chi connectivity index (χ4n) is 1.64. The largest absolute Gasteiger partial charge is 0.329 e. The maximum absolute atomic E-state index is 6.01. The zero-order valence-corrected chi connectivity index (χ0v) is 13.0. The smallest absolute Gasteiger partial charge is 0.0603 e. The molecule has 0 amide bonds. The van der Waals surface area contributed by atoms with Crippen LogP contribution in [0.3, 0.4) is 0 Å². The third kappa shape index (κ3) is 4.04. The van der Waals surface area contributed by atoms with Gasteiger partial charge in [-0.1, -0.05) is 46.9 Å². The first-order valence-corrected chi connectivity index (χ1v) is 7.68. The Labute approximate surface area is 132 Å². The molecule has 0 saturated heterocycles. The van der Waals surface area contributed by atoms with Crippen molar-refractivity contribution in [1.82, 2.24) is 0 Å². The summed E-state index contributed by atoms with van der Waals surface area (Å²) < 4.78 is 0. The number of nitrogens with two attached hydrogens (primary N) is 1. The maximum atomic E-state index is 6.01. The Morgan fingerprint density at radius 3 is 2.21 bits per heavy atom. The average molecular weight is 333 g/mol. The van der Waals surface area contributed by atoms with Crippen LogP contribution >= 0.6 is 46.6 Å².